The lowest BCUT2D eigenvalue weighted by molar-refractivity contribution is -0.137. The SMILES string of the molecule is O=S(=O)(c1cc(C(F)(F)F)ccc1Cl)C1CCN(c2nc(Cc3cc(F)cc(F)c3)cs2)CC1. The fraction of sp³-hybridized carbons (Fsp3) is 0.318. The summed E-state index contributed by atoms with van der Waals surface area (Å²) < 4.78 is 92.1. The fourth-order valence-corrected chi connectivity index (χ4v) is 7.02. The molecule has 0 radical (unpaired) electrons. The first-order valence-electron chi connectivity index (χ1n) is 10.2. The minimum atomic E-state index is -4.68. The predicted molar refractivity (Wildman–Crippen MR) is 120 cm³/mol. The molecule has 34 heavy (non-hydrogen) atoms. The number of anilines is 1. The Labute approximate surface area is 201 Å². The number of hydrogen-bond acceptors (Lipinski definition) is 5. The van der Waals surface area contributed by atoms with Gasteiger partial charge in [0.2, 0.25) is 0 Å². The number of rotatable bonds is 5. The van der Waals surface area contributed by atoms with Crippen molar-refractivity contribution < 1.29 is 30.4 Å². The summed E-state index contributed by atoms with van der Waals surface area (Å²) in [6, 6.07) is 5.55. The lowest BCUT2D eigenvalue weighted by atomic mass is 10.1. The first-order valence-corrected chi connectivity index (χ1v) is 13.0. The number of aromatic nitrogens is 1. The molecule has 0 atom stereocenters. The Morgan fingerprint density at radius 2 is 1.71 bits per heavy atom. The normalized spacial score (nSPS) is 15.6. The average Bonchev–Trinajstić information content (AvgIpc) is 3.21. The zero-order valence-corrected chi connectivity index (χ0v) is 19.8. The van der Waals surface area contributed by atoms with Gasteiger partial charge in [0.15, 0.2) is 15.0 Å². The van der Waals surface area contributed by atoms with Gasteiger partial charge >= 0.3 is 6.18 Å². The lowest BCUT2D eigenvalue weighted by Crippen LogP contribution is -2.39. The minimum Gasteiger partial charge on any atom is -0.348 e. The maximum atomic E-state index is 13.4. The number of sulfone groups is 1. The molecule has 12 heteroatoms. The molecule has 0 amide bonds. The number of piperidine rings is 1. The van der Waals surface area contributed by atoms with Gasteiger partial charge in [-0.1, -0.05) is 11.6 Å². The Hall–Kier alpha value is -2.24. The molecule has 2 heterocycles. The van der Waals surface area contributed by atoms with Gasteiger partial charge in [0.1, 0.15) is 11.6 Å². The summed E-state index contributed by atoms with van der Waals surface area (Å²) in [6.45, 7) is 0.671. The van der Waals surface area contributed by atoms with E-state index in [1.165, 1.54) is 23.5 Å². The van der Waals surface area contributed by atoms with Crippen molar-refractivity contribution in [3.8, 4) is 0 Å². The number of nitrogens with zero attached hydrogens (tertiary/aromatic N) is 2. The molecule has 1 fully saturated rings. The van der Waals surface area contributed by atoms with Crippen LogP contribution in [0.25, 0.3) is 0 Å². The Morgan fingerprint density at radius 3 is 2.32 bits per heavy atom. The number of benzene rings is 2. The Morgan fingerprint density at radius 1 is 1.06 bits per heavy atom. The summed E-state index contributed by atoms with van der Waals surface area (Å²) in [5, 5.41) is 1.29. The molecule has 4 rings (SSSR count). The van der Waals surface area contributed by atoms with Crippen LogP contribution in [0, 0.1) is 11.6 Å². The van der Waals surface area contributed by atoms with Crippen molar-refractivity contribution in [2.45, 2.75) is 35.6 Å². The van der Waals surface area contributed by atoms with Gasteiger partial charge in [-0.3, -0.25) is 0 Å². The van der Waals surface area contributed by atoms with Gasteiger partial charge in [0.05, 0.1) is 26.4 Å². The van der Waals surface area contributed by atoms with E-state index in [1.54, 1.807) is 5.38 Å². The van der Waals surface area contributed by atoms with E-state index in [1.807, 2.05) is 4.90 Å². The smallest absolute Gasteiger partial charge is 0.348 e. The van der Waals surface area contributed by atoms with Crippen molar-refractivity contribution >= 4 is 37.9 Å². The van der Waals surface area contributed by atoms with Crippen LogP contribution in [-0.2, 0) is 22.4 Å². The van der Waals surface area contributed by atoms with E-state index in [2.05, 4.69) is 4.98 Å². The van der Waals surface area contributed by atoms with Crippen molar-refractivity contribution in [2.24, 2.45) is 0 Å². The Bertz CT molecular complexity index is 1280. The van der Waals surface area contributed by atoms with E-state index in [-0.39, 0.29) is 24.3 Å². The van der Waals surface area contributed by atoms with Gasteiger partial charge in [-0.05, 0) is 48.7 Å². The highest BCUT2D eigenvalue weighted by molar-refractivity contribution is 7.92. The van der Waals surface area contributed by atoms with Crippen LogP contribution in [0.3, 0.4) is 0 Å². The molecule has 4 nitrogen and oxygen atoms in total. The van der Waals surface area contributed by atoms with Crippen LogP contribution in [0.4, 0.5) is 27.1 Å². The van der Waals surface area contributed by atoms with Crippen molar-refractivity contribution in [2.75, 3.05) is 18.0 Å². The summed E-state index contributed by atoms with van der Waals surface area (Å²) in [5.41, 5.74) is -0.00554. The van der Waals surface area contributed by atoms with Crippen molar-refractivity contribution in [3.63, 3.8) is 0 Å². The third-order valence-electron chi connectivity index (χ3n) is 5.56. The quantitative estimate of drug-likeness (QED) is 0.368. The summed E-state index contributed by atoms with van der Waals surface area (Å²) in [6.07, 6.45) is -4.06. The van der Waals surface area contributed by atoms with E-state index in [0.29, 0.717) is 35.5 Å². The summed E-state index contributed by atoms with van der Waals surface area (Å²) in [5.74, 6) is -1.34. The number of halogens is 6. The molecular weight excluding hydrogens is 519 g/mol. The standard InChI is InChI=1S/C22H18ClF5N2O2S2/c23-19-2-1-14(22(26,27)28)10-20(19)34(31,32)18-3-5-30(6-4-18)21-29-17(12-33-21)9-13-7-15(24)11-16(25)8-13/h1-2,7-8,10-12,18H,3-6,9H2. The molecule has 0 saturated carbocycles. The highest BCUT2D eigenvalue weighted by atomic mass is 35.5. The summed E-state index contributed by atoms with van der Waals surface area (Å²) >= 11 is 7.28. The van der Waals surface area contributed by atoms with Gasteiger partial charge in [0.25, 0.3) is 0 Å². The summed E-state index contributed by atoms with van der Waals surface area (Å²) in [4.78, 5) is 5.87. The molecule has 1 saturated heterocycles. The molecule has 182 valence electrons. The largest absolute Gasteiger partial charge is 0.416 e. The molecule has 0 aliphatic carbocycles. The van der Waals surface area contributed by atoms with E-state index in [9.17, 15) is 30.4 Å². The van der Waals surface area contributed by atoms with E-state index >= 15 is 0 Å². The third-order valence-corrected chi connectivity index (χ3v) is 9.26. The molecule has 1 aliphatic rings. The van der Waals surface area contributed by atoms with Crippen LogP contribution in [0.1, 0.15) is 29.7 Å². The van der Waals surface area contributed by atoms with Crippen molar-refractivity contribution in [1.29, 1.82) is 0 Å². The molecule has 0 N–H and O–H groups in total. The van der Waals surface area contributed by atoms with Crippen LogP contribution >= 0.6 is 22.9 Å². The second-order valence-corrected chi connectivity index (χ2v) is 11.4. The van der Waals surface area contributed by atoms with E-state index < -0.39 is 43.4 Å². The number of hydrogen-bond donors (Lipinski definition) is 0. The monoisotopic (exact) mass is 536 g/mol. The third kappa shape index (κ3) is 5.36. The minimum absolute atomic E-state index is 0.193. The first kappa shape index (κ1) is 24.9. The second kappa shape index (κ2) is 9.43. The zero-order chi connectivity index (χ0) is 24.7. The van der Waals surface area contributed by atoms with Gasteiger partial charge in [-0.25, -0.2) is 22.2 Å². The molecule has 3 aromatic rings. The highest BCUT2D eigenvalue weighted by Gasteiger charge is 2.36. The maximum absolute atomic E-state index is 13.4. The van der Waals surface area contributed by atoms with Crippen LogP contribution in [0.2, 0.25) is 5.02 Å². The molecule has 0 unspecified atom stereocenters. The Balaban J connectivity index is 1.45. The molecular formula is C22H18ClF5N2O2S2. The molecule has 0 spiro atoms. The van der Waals surface area contributed by atoms with Crippen LogP contribution in [0.15, 0.2) is 46.7 Å². The topological polar surface area (TPSA) is 50.3 Å². The van der Waals surface area contributed by atoms with Gasteiger partial charge < -0.3 is 4.90 Å². The lowest BCUT2D eigenvalue weighted by Gasteiger charge is -2.31. The fourth-order valence-electron chi connectivity index (χ4n) is 3.88. The first-order chi connectivity index (χ1) is 15.9. The zero-order valence-electron chi connectivity index (χ0n) is 17.4. The molecule has 2 aromatic carbocycles. The van der Waals surface area contributed by atoms with Crippen molar-refractivity contribution in [3.05, 3.63) is 75.3 Å². The van der Waals surface area contributed by atoms with Gasteiger partial charge in [-0.2, -0.15) is 13.2 Å². The highest BCUT2D eigenvalue weighted by Crippen LogP contribution is 2.36. The van der Waals surface area contributed by atoms with Gasteiger partial charge in [-0.15, -0.1) is 11.3 Å². The second-order valence-electron chi connectivity index (χ2n) is 7.95. The van der Waals surface area contributed by atoms with Crippen LogP contribution in [0.5, 0.6) is 0 Å². The Kier molecular flexibility index (Phi) is 6.90. The summed E-state index contributed by atoms with van der Waals surface area (Å²) in [7, 11) is -4.07. The molecule has 1 aromatic heterocycles. The predicted octanol–water partition coefficient (Wildman–Crippen LogP) is 6.13. The number of thiazole rings is 1. The van der Waals surface area contributed by atoms with E-state index in [0.717, 1.165) is 18.2 Å². The number of alkyl halides is 3. The molecule has 0 bridgehead atoms. The van der Waals surface area contributed by atoms with E-state index in [4.69, 9.17) is 11.6 Å². The van der Waals surface area contributed by atoms with Crippen molar-refractivity contribution in [1.82, 2.24) is 4.98 Å². The maximum Gasteiger partial charge on any atom is 0.416 e. The van der Waals surface area contributed by atoms with Gasteiger partial charge in [0, 0.05) is 31.0 Å². The van der Waals surface area contributed by atoms with Crippen LogP contribution < -0.4 is 4.90 Å². The van der Waals surface area contributed by atoms with Crippen LogP contribution in [-0.4, -0.2) is 31.7 Å². The average molecular weight is 537 g/mol. The molecule has 1 aliphatic heterocycles.